The molecule has 8 heteroatoms. The summed E-state index contributed by atoms with van der Waals surface area (Å²) in [5, 5.41) is 19.9. The number of rotatable bonds is 11. The van der Waals surface area contributed by atoms with Crippen LogP contribution >= 0.6 is 11.8 Å². The number of carboxylic acid groups (broad SMARTS) is 1. The van der Waals surface area contributed by atoms with Crippen LogP contribution in [0.1, 0.15) is 78.9 Å². The number of benzene rings is 1. The number of hydrogen-bond acceptors (Lipinski definition) is 5. The Labute approximate surface area is 230 Å². The molecule has 38 heavy (non-hydrogen) atoms. The maximum atomic E-state index is 13.1. The number of hydrogen-bond donors (Lipinski definition) is 1. The van der Waals surface area contributed by atoms with Crippen molar-refractivity contribution in [3.8, 4) is 11.8 Å². The van der Waals surface area contributed by atoms with Crippen molar-refractivity contribution in [3.63, 3.8) is 0 Å². The number of alkyl halides is 2. The maximum absolute atomic E-state index is 13.1. The van der Waals surface area contributed by atoms with Gasteiger partial charge in [-0.05, 0) is 55.6 Å². The predicted molar refractivity (Wildman–Crippen MR) is 151 cm³/mol. The molecular formula is C30H42F2N2O3S. The lowest BCUT2D eigenvalue weighted by Crippen LogP contribution is -2.53. The Bertz CT molecular complexity index is 1090. The molecule has 1 aliphatic rings. The Balaban J connectivity index is 2.51. The van der Waals surface area contributed by atoms with Crippen LogP contribution in [0.2, 0.25) is 0 Å². The first-order chi connectivity index (χ1) is 17.7. The molecule has 2 rings (SSSR count). The average Bonchev–Trinajstić information content (AvgIpc) is 2.85. The van der Waals surface area contributed by atoms with Crippen molar-refractivity contribution in [1.82, 2.24) is 4.90 Å². The van der Waals surface area contributed by atoms with Crippen LogP contribution < -0.4 is 4.74 Å². The van der Waals surface area contributed by atoms with E-state index in [2.05, 4.69) is 59.1 Å². The van der Waals surface area contributed by atoms with Gasteiger partial charge in [0.05, 0.1) is 17.0 Å². The predicted octanol–water partition coefficient (Wildman–Crippen LogP) is 8.03. The topological polar surface area (TPSA) is 73.6 Å². The molecule has 1 aromatic rings. The number of allylic oxidation sites excluding steroid dienone is 1. The van der Waals surface area contributed by atoms with E-state index in [-0.39, 0.29) is 34.1 Å². The fourth-order valence-corrected chi connectivity index (χ4v) is 6.21. The van der Waals surface area contributed by atoms with Crippen LogP contribution in [0.3, 0.4) is 0 Å². The van der Waals surface area contributed by atoms with Gasteiger partial charge in [-0.1, -0.05) is 71.5 Å². The standard InChI is InChI=1S/C30H42F2N2O3S/c1-9-19(3)20(4)25(38-21(5)26-22(15-33)12-11-13-24(26)37-28(31)32)17-34-16-23(29(6,7)8)14-30(10-2,18-34)27(35)36/h11-13,19,23,28H,5,9-10,14,16-18H2,1-4,6-8H3,(H,35,36)/b25-20-/t19?,23?,30-/m1/s1. The number of carboxylic acids is 1. The highest BCUT2D eigenvalue weighted by atomic mass is 32.2. The maximum Gasteiger partial charge on any atom is 0.387 e. The van der Waals surface area contributed by atoms with Crippen LogP contribution in [0.4, 0.5) is 8.78 Å². The molecular weight excluding hydrogens is 506 g/mol. The molecule has 1 heterocycles. The Morgan fingerprint density at radius 1 is 1.37 bits per heavy atom. The molecule has 0 saturated carbocycles. The zero-order valence-corrected chi connectivity index (χ0v) is 24.6. The number of aliphatic carboxylic acids is 1. The number of carbonyl (C=O) groups is 1. The van der Waals surface area contributed by atoms with Gasteiger partial charge in [0.2, 0.25) is 0 Å². The Hall–Kier alpha value is -2.37. The van der Waals surface area contributed by atoms with E-state index < -0.39 is 18.0 Å². The molecule has 0 amide bonds. The second-order valence-corrected chi connectivity index (χ2v) is 12.7. The van der Waals surface area contributed by atoms with Crippen molar-refractivity contribution in [2.75, 3.05) is 19.6 Å². The SMILES string of the molecule is C=C(S/C(CN1CC(C(C)(C)C)C[C@@](CC)(C(=O)O)C1)=C(/C)C(C)CC)c1c(C#N)cccc1OC(F)F. The highest BCUT2D eigenvalue weighted by Gasteiger charge is 2.47. The summed E-state index contributed by atoms with van der Waals surface area (Å²) in [6.45, 7) is 17.6. The fourth-order valence-electron chi connectivity index (χ4n) is 5.00. The summed E-state index contributed by atoms with van der Waals surface area (Å²) in [5.41, 5.74) is 0.713. The first kappa shape index (κ1) is 31.8. The van der Waals surface area contributed by atoms with Crippen molar-refractivity contribution >= 4 is 22.6 Å². The largest absolute Gasteiger partial charge is 0.481 e. The summed E-state index contributed by atoms with van der Waals surface area (Å²) in [6, 6.07) is 6.56. The van der Waals surface area contributed by atoms with E-state index in [1.807, 2.05) is 6.92 Å². The average molecular weight is 549 g/mol. The van der Waals surface area contributed by atoms with Crippen LogP contribution in [-0.2, 0) is 4.79 Å². The molecule has 3 atom stereocenters. The summed E-state index contributed by atoms with van der Waals surface area (Å²) in [5.74, 6) is -0.404. The third kappa shape index (κ3) is 7.60. The van der Waals surface area contributed by atoms with Crippen LogP contribution in [0.5, 0.6) is 5.75 Å². The van der Waals surface area contributed by atoms with Gasteiger partial charge in [-0.15, -0.1) is 0 Å². The number of halogens is 2. The molecule has 2 unspecified atom stereocenters. The van der Waals surface area contributed by atoms with Gasteiger partial charge >= 0.3 is 12.6 Å². The summed E-state index contributed by atoms with van der Waals surface area (Å²) >= 11 is 1.36. The summed E-state index contributed by atoms with van der Waals surface area (Å²) in [6.07, 6.45) is 2.08. The lowest BCUT2D eigenvalue weighted by atomic mass is 9.66. The number of nitriles is 1. The van der Waals surface area contributed by atoms with Gasteiger partial charge in [0.15, 0.2) is 0 Å². The second-order valence-electron chi connectivity index (χ2n) is 11.5. The summed E-state index contributed by atoms with van der Waals surface area (Å²) in [7, 11) is 0. The van der Waals surface area contributed by atoms with Gasteiger partial charge < -0.3 is 9.84 Å². The van der Waals surface area contributed by atoms with E-state index in [9.17, 15) is 23.9 Å². The minimum absolute atomic E-state index is 0.0613. The minimum atomic E-state index is -3.03. The number of nitrogens with zero attached hydrogens (tertiary/aromatic N) is 2. The zero-order valence-electron chi connectivity index (χ0n) is 23.7. The van der Waals surface area contributed by atoms with Crippen molar-refractivity contribution in [3.05, 3.63) is 46.4 Å². The van der Waals surface area contributed by atoms with Crippen molar-refractivity contribution in [2.24, 2.45) is 22.7 Å². The van der Waals surface area contributed by atoms with Gasteiger partial charge in [0, 0.05) is 35.0 Å². The number of likely N-dealkylation sites (tertiary alicyclic amines) is 1. The molecule has 1 saturated heterocycles. The monoisotopic (exact) mass is 548 g/mol. The fraction of sp³-hybridized carbons (Fsp3) is 0.600. The highest BCUT2D eigenvalue weighted by molar-refractivity contribution is 8.11. The number of piperidine rings is 1. The van der Waals surface area contributed by atoms with Gasteiger partial charge in [-0.3, -0.25) is 9.69 Å². The number of ether oxygens (including phenoxy) is 1. The normalized spacial score (nSPS) is 22.0. The van der Waals surface area contributed by atoms with Crippen molar-refractivity contribution < 1.29 is 23.4 Å². The van der Waals surface area contributed by atoms with Crippen molar-refractivity contribution in [1.29, 1.82) is 5.26 Å². The summed E-state index contributed by atoms with van der Waals surface area (Å²) in [4.78, 5) is 16.2. The van der Waals surface area contributed by atoms with Gasteiger partial charge in [0.1, 0.15) is 5.75 Å². The molecule has 1 N–H and O–H groups in total. The molecule has 0 radical (unpaired) electrons. The van der Waals surface area contributed by atoms with E-state index in [1.54, 1.807) is 6.07 Å². The molecule has 210 valence electrons. The third-order valence-electron chi connectivity index (χ3n) is 8.04. The molecule has 0 spiro atoms. The Morgan fingerprint density at radius 3 is 2.53 bits per heavy atom. The quantitative estimate of drug-likeness (QED) is 0.302. The smallest absolute Gasteiger partial charge is 0.387 e. The van der Waals surface area contributed by atoms with Gasteiger partial charge in [-0.25, -0.2) is 0 Å². The van der Waals surface area contributed by atoms with Crippen LogP contribution in [0, 0.1) is 34.0 Å². The lowest BCUT2D eigenvalue weighted by molar-refractivity contribution is -0.156. The van der Waals surface area contributed by atoms with E-state index in [0.717, 1.165) is 23.4 Å². The number of thioether (sulfide) groups is 1. The van der Waals surface area contributed by atoms with E-state index >= 15 is 0 Å². The Kier molecular flexibility index (Phi) is 11.0. The molecule has 1 fully saturated rings. The van der Waals surface area contributed by atoms with Crippen LogP contribution in [0.25, 0.3) is 4.91 Å². The van der Waals surface area contributed by atoms with Crippen molar-refractivity contribution in [2.45, 2.75) is 74.3 Å². The molecule has 5 nitrogen and oxygen atoms in total. The molecule has 0 aromatic heterocycles. The highest BCUT2D eigenvalue weighted by Crippen LogP contribution is 2.46. The Morgan fingerprint density at radius 2 is 2.03 bits per heavy atom. The minimum Gasteiger partial charge on any atom is -0.481 e. The molecule has 0 bridgehead atoms. The van der Waals surface area contributed by atoms with E-state index in [1.165, 1.54) is 23.9 Å². The molecule has 1 aliphatic heterocycles. The third-order valence-corrected chi connectivity index (χ3v) is 9.19. The van der Waals surface area contributed by atoms with Crippen LogP contribution in [-0.4, -0.2) is 42.2 Å². The second kappa shape index (κ2) is 13.1. The summed E-state index contributed by atoms with van der Waals surface area (Å²) < 4.78 is 31.0. The van der Waals surface area contributed by atoms with Gasteiger partial charge in [-0.2, -0.15) is 14.0 Å². The molecule has 0 aliphatic carbocycles. The van der Waals surface area contributed by atoms with Crippen LogP contribution in [0.15, 0.2) is 35.3 Å². The first-order valence-corrected chi connectivity index (χ1v) is 14.0. The molecule has 1 aromatic carbocycles. The lowest BCUT2D eigenvalue weighted by Gasteiger charge is -2.48. The van der Waals surface area contributed by atoms with Gasteiger partial charge in [0.25, 0.3) is 0 Å². The first-order valence-electron chi connectivity index (χ1n) is 13.2. The van der Waals surface area contributed by atoms with E-state index in [4.69, 9.17) is 4.74 Å². The zero-order chi connectivity index (χ0) is 28.8. The van der Waals surface area contributed by atoms with E-state index in [0.29, 0.717) is 30.8 Å².